The molecule has 112 valence electrons. The molecule has 0 bridgehead atoms. The molecule has 19 heavy (non-hydrogen) atoms. The van der Waals surface area contributed by atoms with Crippen molar-refractivity contribution in [3.8, 4) is 0 Å². The fraction of sp³-hybridized carbons (Fsp3) is 0.917. The van der Waals surface area contributed by atoms with E-state index in [1.165, 1.54) is 0 Å². The summed E-state index contributed by atoms with van der Waals surface area (Å²) >= 11 is -2.15. The summed E-state index contributed by atoms with van der Waals surface area (Å²) in [5, 5.41) is 0. The van der Waals surface area contributed by atoms with Gasteiger partial charge in [0.15, 0.2) is 0 Å². The van der Waals surface area contributed by atoms with Crippen LogP contribution in [0.15, 0.2) is 0 Å². The predicted octanol–water partition coefficient (Wildman–Crippen LogP) is 1.49. The molecule has 0 aromatic carbocycles. The smallest absolute Gasteiger partial charge is 0.410 e. The molecule has 0 aromatic heterocycles. The summed E-state index contributed by atoms with van der Waals surface area (Å²) in [6.45, 7) is 7.21. The van der Waals surface area contributed by atoms with Crippen molar-refractivity contribution in [1.29, 1.82) is 0 Å². The molecule has 1 saturated heterocycles. The fourth-order valence-corrected chi connectivity index (χ4v) is 2.12. The summed E-state index contributed by atoms with van der Waals surface area (Å²) in [7, 11) is 0. The zero-order valence-corrected chi connectivity index (χ0v) is 12.5. The maximum absolute atomic E-state index is 11.8. The number of piperidine rings is 1. The zero-order chi connectivity index (χ0) is 14.5. The van der Waals surface area contributed by atoms with Crippen LogP contribution in [0, 0.1) is 5.92 Å². The van der Waals surface area contributed by atoms with Gasteiger partial charge in [0, 0.05) is 13.1 Å². The molecule has 1 fully saturated rings. The highest BCUT2D eigenvalue weighted by molar-refractivity contribution is 7.78. The molecule has 1 unspecified atom stereocenters. The Bertz CT molecular complexity index is 321. The molecule has 0 spiro atoms. The maximum Gasteiger partial charge on any atom is 0.410 e. The van der Waals surface area contributed by atoms with E-state index in [0.717, 1.165) is 12.8 Å². The Morgan fingerprint density at radius 3 is 2.42 bits per heavy atom. The van der Waals surface area contributed by atoms with Crippen LogP contribution in [0.5, 0.6) is 0 Å². The molecule has 0 saturated carbocycles. The molecule has 1 atom stereocenters. The van der Waals surface area contributed by atoms with Gasteiger partial charge in [0.25, 0.3) is 0 Å². The van der Waals surface area contributed by atoms with Gasteiger partial charge in [-0.1, -0.05) is 0 Å². The molecular weight excluding hydrogens is 270 g/mol. The summed E-state index contributed by atoms with van der Waals surface area (Å²) < 4.78 is 31.0. The number of rotatable bonds is 4. The van der Waals surface area contributed by atoms with Gasteiger partial charge in [-0.2, -0.15) is 0 Å². The highest BCUT2D eigenvalue weighted by Crippen LogP contribution is 2.19. The average molecular weight is 292 g/mol. The van der Waals surface area contributed by atoms with Crippen molar-refractivity contribution >= 4 is 17.2 Å². The Kier molecular flexibility index (Phi) is 6.22. The van der Waals surface area contributed by atoms with Crippen molar-refractivity contribution in [2.45, 2.75) is 39.2 Å². The zero-order valence-electron chi connectivity index (χ0n) is 11.7. The molecule has 1 heterocycles. The molecular formula is C12H22NO5S-. The molecule has 1 aliphatic rings. The summed E-state index contributed by atoms with van der Waals surface area (Å²) in [6, 6.07) is 0. The van der Waals surface area contributed by atoms with Crippen LogP contribution in [-0.4, -0.2) is 51.0 Å². The summed E-state index contributed by atoms with van der Waals surface area (Å²) in [5.74, 6) is 0.0500. The lowest BCUT2D eigenvalue weighted by Crippen LogP contribution is -2.42. The Morgan fingerprint density at radius 2 is 1.95 bits per heavy atom. The van der Waals surface area contributed by atoms with E-state index in [2.05, 4.69) is 0 Å². The van der Waals surface area contributed by atoms with Gasteiger partial charge in [0.05, 0.1) is 6.61 Å². The van der Waals surface area contributed by atoms with E-state index in [0.29, 0.717) is 25.6 Å². The number of nitrogens with zero attached hydrogens (tertiary/aromatic N) is 1. The lowest BCUT2D eigenvalue weighted by Gasteiger charge is -2.33. The van der Waals surface area contributed by atoms with Crippen LogP contribution >= 0.6 is 0 Å². The van der Waals surface area contributed by atoms with Gasteiger partial charge in [-0.05, 0) is 50.6 Å². The van der Waals surface area contributed by atoms with Crippen molar-refractivity contribution in [3.05, 3.63) is 0 Å². The standard InChI is InChI=1S/C12H23NO5S/c1-12(2,3)18-11(14)13-6-4-10(5-7-13)8-17-9-19(15)16/h10H,4-9H2,1-3H3,(H,15,16)/p-1. The Balaban J connectivity index is 2.25. The van der Waals surface area contributed by atoms with Crippen LogP contribution in [0.25, 0.3) is 0 Å². The van der Waals surface area contributed by atoms with E-state index >= 15 is 0 Å². The van der Waals surface area contributed by atoms with Crippen LogP contribution in [-0.2, 0) is 20.6 Å². The van der Waals surface area contributed by atoms with Gasteiger partial charge in [0.1, 0.15) is 11.5 Å². The molecule has 1 aliphatic heterocycles. The molecule has 6 nitrogen and oxygen atoms in total. The molecule has 0 radical (unpaired) electrons. The van der Waals surface area contributed by atoms with E-state index in [1.54, 1.807) is 4.90 Å². The second kappa shape index (κ2) is 7.21. The lowest BCUT2D eigenvalue weighted by atomic mass is 9.98. The van der Waals surface area contributed by atoms with Crippen LogP contribution in [0.1, 0.15) is 33.6 Å². The molecule has 7 heteroatoms. The molecule has 0 N–H and O–H groups in total. The monoisotopic (exact) mass is 292 g/mol. The second-order valence-corrected chi connectivity index (χ2v) is 6.55. The normalized spacial score (nSPS) is 19.3. The van der Waals surface area contributed by atoms with E-state index in [4.69, 9.17) is 9.47 Å². The molecule has 0 aliphatic carbocycles. The first-order valence-corrected chi connectivity index (χ1v) is 7.64. The van der Waals surface area contributed by atoms with Gasteiger partial charge >= 0.3 is 6.09 Å². The Hall–Kier alpha value is -0.660. The largest absolute Gasteiger partial charge is 0.771 e. The van der Waals surface area contributed by atoms with Crippen LogP contribution in [0.4, 0.5) is 4.79 Å². The third-order valence-electron chi connectivity index (χ3n) is 2.80. The van der Waals surface area contributed by atoms with Crippen molar-refractivity contribution in [1.82, 2.24) is 4.90 Å². The van der Waals surface area contributed by atoms with Gasteiger partial charge in [-0.25, -0.2) is 4.79 Å². The summed E-state index contributed by atoms with van der Waals surface area (Å²) in [4.78, 5) is 13.5. The fourth-order valence-electron chi connectivity index (χ4n) is 1.89. The number of hydrogen-bond donors (Lipinski definition) is 0. The third-order valence-corrected chi connectivity index (χ3v) is 3.16. The molecule has 1 amide bonds. The van der Waals surface area contributed by atoms with E-state index in [-0.39, 0.29) is 12.0 Å². The SMILES string of the molecule is CC(C)(C)OC(=O)N1CCC(COCS(=O)[O-])CC1. The second-order valence-electron chi connectivity index (χ2n) is 5.70. The number of amides is 1. The minimum Gasteiger partial charge on any atom is -0.771 e. The predicted molar refractivity (Wildman–Crippen MR) is 70.3 cm³/mol. The van der Waals surface area contributed by atoms with Crippen LogP contribution < -0.4 is 0 Å². The summed E-state index contributed by atoms with van der Waals surface area (Å²) in [5.41, 5.74) is -0.477. The average Bonchev–Trinajstić information content (AvgIpc) is 2.27. The van der Waals surface area contributed by atoms with Gasteiger partial charge in [0.2, 0.25) is 0 Å². The number of carbonyl (C=O) groups is 1. The molecule has 0 aromatic rings. The number of likely N-dealkylation sites (tertiary alicyclic amines) is 1. The third kappa shape index (κ3) is 6.89. The first-order valence-electron chi connectivity index (χ1n) is 6.39. The number of hydrogen-bond acceptors (Lipinski definition) is 5. The quantitative estimate of drug-likeness (QED) is 0.733. The van der Waals surface area contributed by atoms with Gasteiger partial charge < -0.3 is 18.9 Å². The van der Waals surface area contributed by atoms with Crippen LogP contribution in [0.3, 0.4) is 0 Å². The minimum absolute atomic E-state index is 0.258. The molecule has 1 rings (SSSR count). The Labute approximate surface area is 116 Å². The van der Waals surface area contributed by atoms with Crippen molar-refractivity contribution in [3.63, 3.8) is 0 Å². The van der Waals surface area contributed by atoms with Crippen LogP contribution in [0.2, 0.25) is 0 Å². The van der Waals surface area contributed by atoms with E-state index < -0.39 is 16.7 Å². The number of carbonyl (C=O) groups excluding carboxylic acids is 1. The van der Waals surface area contributed by atoms with Gasteiger partial charge in [-0.3, -0.25) is 4.21 Å². The Morgan fingerprint density at radius 1 is 1.37 bits per heavy atom. The highest BCUT2D eigenvalue weighted by atomic mass is 32.2. The van der Waals surface area contributed by atoms with Crippen molar-refractivity contribution < 1.29 is 23.0 Å². The maximum atomic E-state index is 11.8. The van der Waals surface area contributed by atoms with E-state index in [1.807, 2.05) is 20.8 Å². The highest BCUT2D eigenvalue weighted by Gasteiger charge is 2.26. The van der Waals surface area contributed by atoms with Gasteiger partial charge in [-0.15, -0.1) is 0 Å². The minimum atomic E-state index is -2.15. The van der Waals surface area contributed by atoms with Crippen molar-refractivity contribution in [2.75, 3.05) is 25.6 Å². The topological polar surface area (TPSA) is 78.9 Å². The number of ether oxygens (including phenoxy) is 2. The summed E-state index contributed by atoms with van der Waals surface area (Å²) in [6.07, 6.45) is 1.34. The first-order chi connectivity index (χ1) is 8.78. The lowest BCUT2D eigenvalue weighted by molar-refractivity contribution is 0.0137. The first kappa shape index (κ1) is 16.4. The van der Waals surface area contributed by atoms with E-state index in [9.17, 15) is 13.6 Å². The van der Waals surface area contributed by atoms with Crippen molar-refractivity contribution in [2.24, 2.45) is 5.92 Å².